The fraction of sp³-hybridized carbons (Fsp3) is 0.154. The lowest BCUT2D eigenvalue weighted by atomic mass is 10.1. The quantitative estimate of drug-likeness (QED) is 0.371. The summed E-state index contributed by atoms with van der Waals surface area (Å²) in [5.74, 6) is 1.15. The number of rotatable bonds is 2. The molecule has 4 heterocycles. The highest BCUT2D eigenvalue weighted by molar-refractivity contribution is 6.30. The summed E-state index contributed by atoms with van der Waals surface area (Å²) in [6.45, 7) is 2.01. The van der Waals surface area contributed by atoms with E-state index in [1.165, 1.54) is 11.6 Å². The number of ether oxygens (including phenoxy) is 1. The van der Waals surface area contributed by atoms with Gasteiger partial charge in [0.25, 0.3) is 5.56 Å². The first kappa shape index (κ1) is 20.6. The molecular formula is C26H20ClN3O4. The van der Waals surface area contributed by atoms with Gasteiger partial charge in [-0.05, 0) is 42.8 Å². The van der Waals surface area contributed by atoms with Crippen LogP contribution in [-0.2, 0) is 14.1 Å². The number of aryl methyl sites for hydroxylation is 2. The second kappa shape index (κ2) is 7.27. The Kier molecular flexibility index (Phi) is 4.41. The van der Waals surface area contributed by atoms with Crippen LogP contribution in [0.3, 0.4) is 0 Å². The Balaban J connectivity index is 1.89. The van der Waals surface area contributed by atoms with E-state index in [-0.39, 0.29) is 5.56 Å². The third-order valence-electron chi connectivity index (χ3n) is 6.39. The predicted molar refractivity (Wildman–Crippen MR) is 130 cm³/mol. The molecule has 0 saturated carbocycles. The molecule has 1 atom stereocenters. The van der Waals surface area contributed by atoms with Crippen molar-refractivity contribution < 1.29 is 9.15 Å². The van der Waals surface area contributed by atoms with Crippen molar-refractivity contribution in [2.75, 3.05) is 0 Å². The summed E-state index contributed by atoms with van der Waals surface area (Å²) in [5.41, 5.74) is 3.62. The number of furan rings is 1. The van der Waals surface area contributed by atoms with Gasteiger partial charge in [-0.15, -0.1) is 0 Å². The molecule has 0 radical (unpaired) electrons. The van der Waals surface area contributed by atoms with Gasteiger partial charge in [0.15, 0.2) is 11.9 Å². The van der Waals surface area contributed by atoms with Gasteiger partial charge in [0.05, 0.1) is 34.2 Å². The van der Waals surface area contributed by atoms with Crippen LogP contribution in [0.15, 0.2) is 74.9 Å². The number of nitrogens with zero attached hydrogens (tertiary/aromatic N) is 3. The van der Waals surface area contributed by atoms with E-state index in [4.69, 9.17) is 20.8 Å². The van der Waals surface area contributed by atoms with Crippen molar-refractivity contribution in [3.8, 4) is 22.7 Å². The molecule has 2 aromatic carbocycles. The van der Waals surface area contributed by atoms with Crippen LogP contribution < -0.4 is 16.0 Å². The number of hydrogen-bond acceptors (Lipinski definition) is 4. The van der Waals surface area contributed by atoms with E-state index in [1.807, 2.05) is 41.8 Å². The Hall–Kier alpha value is -3.97. The topological polar surface area (TPSA) is 71.3 Å². The number of hydrogen-bond donors (Lipinski definition) is 0. The van der Waals surface area contributed by atoms with Gasteiger partial charge in [-0.25, -0.2) is 4.79 Å². The molecule has 7 nitrogen and oxygen atoms in total. The van der Waals surface area contributed by atoms with E-state index in [2.05, 4.69) is 0 Å². The van der Waals surface area contributed by atoms with Crippen LogP contribution in [-0.4, -0.2) is 13.7 Å². The zero-order valence-corrected chi connectivity index (χ0v) is 19.5. The number of benzene rings is 2. The van der Waals surface area contributed by atoms with Crippen LogP contribution in [0, 0.1) is 6.92 Å². The van der Waals surface area contributed by atoms with E-state index in [0.717, 1.165) is 15.7 Å². The monoisotopic (exact) mass is 473 g/mol. The molecule has 0 saturated heterocycles. The predicted octanol–water partition coefficient (Wildman–Crippen LogP) is 4.73. The fourth-order valence-electron chi connectivity index (χ4n) is 4.75. The summed E-state index contributed by atoms with van der Waals surface area (Å²) in [5, 5.41) is 0.954. The third kappa shape index (κ3) is 2.77. The Morgan fingerprint density at radius 1 is 0.971 bits per heavy atom. The second-order valence-electron chi connectivity index (χ2n) is 8.49. The number of aromatic nitrogens is 3. The molecule has 0 spiro atoms. The van der Waals surface area contributed by atoms with Crippen molar-refractivity contribution in [1.82, 2.24) is 13.7 Å². The van der Waals surface area contributed by atoms with E-state index in [9.17, 15) is 9.59 Å². The van der Waals surface area contributed by atoms with Crippen molar-refractivity contribution >= 4 is 22.5 Å². The number of fused-ring (bicyclic) bond motifs is 5. The summed E-state index contributed by atoms with van der Waals surface area (Å²) in [7, 11) is 3.15. The summed E-state index contributed by atoms with van der Waals surface area (Å²) >= 11 is 6.40. The van der Waals surface area contributed by atoms with E-state index in [0.29, 0.717) is 44.5 Å². The van der Waals surface area contributed by atoms with Crippen molar-refractivity contribution in [1.29, 1.82) is 0 Å². The summed E-state index contributed by atoms with van der Waals surface area (Å²) in [4.78, 5) is 26.6. The van der Waals surface area contributed by atoms with Gasteiger partial charge in [0, 0.05) is 19.1 Å². The van der Waals surface area contributed by atoms with Crippen LogP contribution in [0.4, 0.5) is 0 Å². The summed E-state index contributed by atoms with van der Waals surface area (Å²) in [6, 6.07) is 16.9. The maximum Gasteiger partial charge on any atom is 0.331 e. The molecule has 8 heteroatoms. The summed E-state index contributed by atoms with van der Waals surface area (Å²) in [6.07, 6.45) is 0.896. The highest BCUT2D eigenvalue weighted by atomic mass is 35.5. The molecule has 0 bridgehead atoms. The maximum atomic E-state index is 13.6. The molecule has 34 heavy (non-hydrogen) atoms. The summed E-state index contributed by atoms with van der Waals surface area (Å²) < 4.78 is 16.7. The fourth-order valence-corrected chi connectivity index (χ4v) is 4.92. The van der Waals surface area contributed by atoms with E-state index < -0.39 is 11.8 Å². The smallest absolute Gasteiger partial charge is 0.331 e. The second-order valence-corrected chi connectivity index (χ2v) is 8.93. The van der Waals surface area contributed by atoms with Gasteiger partial charge >= 0.3 is 5.69 Å². The first-order chi connectivity index (χ1) is 16.4. The molecule has 6 rings (SSSR count). The first-order valence-electron chi connectivity index (χ1n) is 10.8. The van der Waals surface area contributed by atoms with Gasteiger partial charge in [-0.1, -0.05) is 41.4 Å². The first-order valence-corrected chi connectivity index (χ1v) is 11.2. The lowest BCUT2D eigenvalue weighted by Gasteiger charge is -2.29. The lowest BCUT2D eigenvalue weighted by Crippen LogP contribution is -2.37. The third-order valence-corrected chi connectivity index (χ3v) is 6.63. The van der Waals surface area contributed by atoms with Gasteiger partial charge in [0.1, 0.15) is 5.75 Å². The minimum atomic E-state index is -0.678. The van der Waals surface area contributed by atoms with Gasteiger partial charge < -0.3 is 13.7 Å². The minimum absolute atomic E-state index is 0.377. The Morgan fingerprint density at radius 2 is 1.74 bits per heavy atom. The van der Waals surface area contributed by atoms with Crippen molar-refractivity contribution in [2.45, 2.75) is 13.0 Å². The van der Waals surface area contributed by atoms with Crippen LogP contribution >= 0.6 is 11.6 Å². The molecule has 3 aromatic heterocycles. The van der Waals surface area contributed by atoms with Crippen molar-refractivity contribution in [3.05, 3.63) is 104 Å². The van der Waals surface area contributed by atoms with E-state index in [1.54, 1.807) is 37.6 Å². The van der Waals surface area contributed by atoms with Gasteiger partial charge in [-0.2, -0.15) is 0 Å². The van der Waals surface area contributed by atoms with Crippen LogP contribution in [0.25, 0.3) is 27.8 Å². The average Bonchev–Trinajstić information content (AvgIpc) is 3.48. The standard InChI is InChI=1S/C26H20ClN3O4/c1-14-6-8-15(9-7-14)21-20-22(28(2)26(32)29(3)25(20)31)23-24(19-5-4-12-33-19)34-18-11-10-16(27)13-17(18)30(21)23/h4-13,24H,1-3H3. The minimum Gasteiger partial charge on any atom is -0.474 e. The van der Waals surface area contributed by atoms with Crippen molar-refractivity contribution in [2.24, 2.45) is 14.1 Å². The molecule has 0 amide bonds. The van der Waals surface area contributed by atoms with Gasteiger partial charge in [0.2, 0.25) is 0 Å². The zero-order valence-electron chi connectivity index (χ0n) is 18.7. The Labute approximate surface area is 199 Å². The molecule has 0 fully saturated rings. The largest absolute Gasteiger partial charge is 0.474 e. The molecule has 1 aliphatic heterocycles. The van der Waals surface area contributed by atoms with Crippen LogP contribution in [0.1, 0.15) is 23.1 Å². The molecular weight excluding hydrogens is 454 g/mol. The molecule has 170 valence electrons. The lowest BCUT2D eigenvalue weighted by molar-refractivity contribution is 0.199. The molecule has 0 N–H and O–H groups in total. The average molecular weight is 474 g/mol. The molecule has 0 aliphatic carbocycles. The SMILES string of the molecule is Cc1ccc(-c2c3c(=O)n(C)c(=O)n(C)c3c3n2-c2cc(Cl)ccc2OC3c2ccco2)cc1. The van der Waals surface area contributed by atoms with E-state index >= 15 is 0 Å². The highest BCUT2D eigenvalue weighted by Gasteiger charge is 2.37. The van der Waals surface area contributed by atoms with Crippen molar-refractivity contribution in [3.63, 3.8) is 0 Å². The van der Waals surface area contributed by atoms with Crippen LogP contribution in [0.5, 0.6) is 5.75 Å². The maximum absolute atomic E-state index is 13.6. The normalized spacial score (nSPS) is 14.6. The highest BCUT2D eigenvalue weighted by Crippen LogP contribution is 2.47. The molecule has 1 unspecified atom stereocenters. The van der Waals surface area contributed by atoms with Gasteiger partial charge in [-0.3, -0.25) is 13.9 Å². The Morgan fingerprint density at radius 3 is 2.44 bits per heavy atom. The Bertz CT molecular complexity index is 1710. The zero-order chi connectivity index (χ0) is 23.7. The number of halogens is 1. The molecule has 1 aliphatic rings. The van der Waals surface area contributed by atoms with Crippen LogP contribution in [0.2, 0.25) is 5.02 Å². The molecule has 5 aromatic rings.